The zero-order valence-electron chi connectivity index (χ0n) is 76.2. The van der Waals surface area contributed by atoms with Crippen molar-refractivity contribution in [3.05, 3.63) is 293 Å². The molecule has 0 amide bonds. The van der Waals surface area contributed by atoms with Crippen LogP contribution < -0.4 is 10.9 Å². The van der Waals surface area contributed by atoms with E-state index in [1.54, 1.807) is 127 Å². The van der Waals surface area contributed by atoms with E-state index in [0.29, 0.717) is 9.79 Å². The Kier molecular flexibility index (Phi) is 43.1. The van der Waals surface area contributed by atoms with E-state index in [0.717, 1.165) is 86.8 Å². The predicted octanol–water partition coefficient (Wildman–Crippen LogP) is 27.9. The number of aliphatic hydroxyl groups excluding tert-OH is 1. The van der Waals surface area contributed by atoms with E-state index in [2.05, 4.69) is 31.3 Å². The smallest absolute Gasteiger partial charge is 0.459 e. The molecular weight excluding hydrogens is 2140 g/mol. The standard InChI is InChI=1S/C32H43B2F4NO7S.C20H21F4NO3S.C14H11F4NOS.C14H10F4S.C7H5F2I.C7H5IO.CH4O/c1-28(2,3)42-25(40)18-39-47(41,23-14-19(26(35)36)12-21(16-23)33-43-29(4,5)30(6,7)44-33)24-15-20(27(37)38)13-22(17-24)34-45-31(8,9)32(10,11)46-34;1-20(2,3)28-17(26)12-25-29(27,15-8-4-6-13(10-15)18(21)22)16-9-5-7-14(11-16)19(23)24;15-13(16)9-3-1-5-11(7-9)21(19,20)12-6-2-4-10(8-12)14(17)18;15-13(16)9-3-1-5-11(7-9)19-12-6-2-4-10(8-12)14(17)18;8-7(9)5-2-1-3-6(10)4-5;8-7-3-1-2-6(4-7)5-9;1-2/h12-17,26-27H,18H2,1-11H3;4-11,18-19H,12H2,1-3H3;1-8,13-14,19H;1-8,13-14H;1-4,7H;1-5H;2H,1H3. The number of carbonyl (C=O) groups is 3. The molecule has 137 heavy (non-hydrogen) atoms. The number of esters is 2. The number of hydrogen-bond acceptors (Lipinski definition) is 17. The van der Waals surface area contributed by atoms with Crippen LogP contribution in [0.1, 0.15) is 215 Å². The summed E-state index contributed by atoms with van der Waals surface area (Å²) in [6, 6.07) is 51.3. The number of rotatable bonds is 24. The number of aliphatic hydroxyl groups is 1. The summed E-state index contributed by atoms with van der Waals surface area (Å²) in [4.78, 5) is 35.2. The molecule has 0 bridgehead atoms. The Hall–Kier alpha value is -8.86. The van der Waals surface area contributed by atoms with E-state index in [4.69, 9.17) is 38.0 Å². The fraction of sp³-hybridized carbons (Fsp3) is 0.337. The highest BCUT2D eigenvalue weighted by Crippen LogP contribution is 2.42. The van der Waals surface area contributed by atoms with E-state index < -0.39 is 182 Å². The Bertz CT molecular complexity index is 5850. The number of halogens is 20. The molecule has 742 valence electrons. The van der Waals surface area contributed by atoms with Gasteiger partial charge < -0.3 is 33.2 Å². The molecule has 0 aromatic heterocycles. The van der Waals surface area contributed by atoms with Gasteiger partial charge in [0.05, 0.1) is 51.8 Å². The van der Waals surface area contributed by atoms with Gasteiger partial charge in [0.15, 0.2) is 0 Å². The maximum atomic E-state index is 15.2. The fourth-order valence-electron chi connectivity index (χ4n) is 11.9. The highest BCUT2D eigenvalue weighted by Gasteiger charge is 2.54. The Balaban J connectivity index is 0.000000274. The Morgan fingerprint density at radius 1 is 0.372 bits per heavy atom. The molecule has 42 heteroatoms. The minimum absolute atomic E-state index is 0.0741. The normalized spacial score (nSPS) is 14.4. The third-order valence-corrected chi connectivity index (χ3v) is 28.6. The van der Waals surface area contributed by atoms with Crippen LogP contribution in [0.15, 0.2) is 278 Å². The summed E-state index contributed by atoms with van der Waals surface area (Å²) in [7, 11) is -12.6. The molecule has 0 aliphatic carbocycles. The number of ether oxygens (including phenoxy) is 2. The second kappa shape index (κ2) is 50.5. The second-order valence-electron chi connectivity index (χ2n) is 33.7. The second-order valence-corrected chi connectivity index (χ2v) is 43.9. The van der Waals surface area contributed by atoms with Crippen LogP contribution in [0, 0.1) is 11.9 Å². The molecule has 0 atom stereocenters. The summed E-state index contributed by atoms with van der Waals surface area (Å²) < 4.78 is 329. The van der Waals surface area contributed by atoms with Crippen molar-refractivity contribution in [2.24, 2.45) is 8.73 Å². The van der Waals surface area contributed by atoms with Crippen molar-refractivity contribution in [3.8, 4) is 0 Å². The fourth-order valence-corrected chi connectivity index (χ4v) is 19.4. The summed E-state index contributed by atoms with van der Waals surface area (Å²) in [5, 5.41) is 7.00. The molecule has 16 nitrogen and oxygen atoms in total. The molecule has 2 N–H and O–H groups in total. The van der Waals surface area contributed by atoms with Crippen LogP contribution in [0.5, 0.6) is 0 Å². The molecule has 12 rings (SSSR count). The van der Waals surface area contributed by atoms with Crippen LogP contribution in [0.25, 0.3) is 0 Å². The van der Waals surface area contributed by atoms with Crippen LogP contribution in [0.2, 0.25) is 0 Å². The van der Waals surface area contributed by atoms with Gasteiger partial charge in [-0.15, -0.1) is 0 Å². The molecule has 10 aromatic rings. The van der Waals surface area contributed by atoms with Crippen molar-refractivity contribution in [1.29, 1.82) is 4.78 Å². The van der Waals surface area contributed by atoms with Gasteiger partial charge in [-0.25, -0.2) is 105 Å². The monoisotopic (exact) mass is 2240 g/mol. The summed E-state index contributed by atoms with van der Waals surface area (Å²) in [6.45, 7) is 22.7. The minimum atomic E-state index is -4.09. The average Bonchev–Trinajstić information content (AvgIpc) is 1.65. The molecule has 0 radical (unpaired) electrons. The SMILES string of the molecule is CC(C)(C)OC(=O)CN=S(=O)(c1cc(B2OC(C)(C)C(C)(C)O2)cc(C(F)F)c1)c1cc(B2OC(C)(C)C(C)(C)O2)cc(C(F)F)c1.CC(C)(C)OC(=O)CN=S(=O)(c1cccc(C(F)F)c1)c1cccc(C(F)F)c1.CO.FC(F)c1cccc(I)c1.FC(F)c1cccc(Sc2cccc(C(F)F)c2)c1.N=S(=O)(c1cccc(C(F)F)c1)c1cccc(C(F)F)c1.O=Cc1cccc(I)c1. The first kappa shape index (κ1) is 117. The molecule has 10 aromatic carbocycles. The Morgan fingerprint density at radius 3 is 0.891 bits per heavy atom. The van der Waals surface area contributed by atoms with Gasteiger partial charge in [-0.3, -0.25) is 14.4 Å². The number of nitrogens with zero attached hydrogens (tertiary/aromatic N) is 2. The molecular formula is C95H99B2F18I2N3O13S4. The topological polar surface area (TPSA) is 227 Å². The summed E-state index contributed by atoms with van der Waals surface area (Å²) in [5.41, 5.74) is -6.68. The summed E-state index contributed by atoms with van der Waals surface area (Å²) >= 11 is 5.36. The molecule has 0 unspecified atom stereocenters. The highest BCUT2D eigenvalue weighted by atomic mass is 127. The maximum Gasteiger partial charge on any atom is 0.494 e. The Labute approximate surface area is 817 Å². The first-order valence-corrected chi connectivity index (χ1v) is 48.6. The van der Waals surface area contributed by atoms with Crippen LogP contribution in [-0.2, 0) is 66.9 Å². The number of alkyl halides is 18. The quantitative estimate of drug-likeness (QED) is 0.0189. The molecule has 0 spiro atoms. The van der Waals surface area contributed by atoms with Crippen LogP contribution in [-0.4, -0.2) is 104 Å². The van der Waals surface area contributed by atoms with Crippen molar-refractivity contribution in [2.75, 3.05) is 20.2 Å². The molecule has 2 heterocycles. The van der Waals surface area contributed by atoms with E-state index in [1.165, 1.54) is 133 Å². The van der Waals surface area contributed by atoms with Crippen molar-refractivity contribution >= 4 is 130 Å². The van der Waals surface area contributed by atoms with Gasteiger partial charge in [0, 0.05) is 79.7 Å². The van der Waals surface area contributed by atoms with Gasteiger partial charge in [-0.05, 0) is 274 Å². The van der Waals surface area contributed by atoms with Crippen molar-refractivity contribution in [2.45, 2.75) is 228 Å². The first-order chi connectivity index (χ1) is 63.6. The average molecular weight is 2240 g/mol. The maximum absolute atomic E-state index is 15.2. The lowest BCUT2D eigenvalue weighted by Gasteiger charge is -2.32. The zero-order valence-corrected chi connectivity index (χ0v) is 83.8. The number of hydrogen-bond donors (Lipinski definition) is 2. The molecule has 2 aliphatic heterocycles. The number of nitrogens with one attached hydrogen (secondary N) is 1. The van der Waals surface area contributed by atoms with E-state index >= 15 is 4.21 Å². The third kappa shape index (κ3) is 34.2. The number of benzene rings is 10. The number of aldehydes is 1. The van der Waals surface area contributed by atoms with E-state index in [9.17, 15) is 102 Å². The van der Waals surface area contributed by atoms with Gasteiger partial charge in [-0.1, -0.05) is 121 Å². The minimum Gasteiger partial charge on any atom is -0.459 e. The molecule has 2 saturated heterocycles. The van der Waals surface area contributed by atoms with Crippen LogP contribution in [0.4, 0.5) is 79.0 Å². The van der Waals surface area contributed by atoms with E-state index in [-0.39, 0.29) is 68.1 Å². The highest BCUT2D eigenvalue weighted by molar-refractivity contribution is 14.1. The zero-order chi connectivity index (χ0) is 103. The van der Waals surface area contributed by atoms with Crippen LogP contribution >= 0.6 is 56.9 Å². The predicted molar refractivity (Wildman–Crippen MR) is 507 cm³/mol. The summed E-state index contributed by atoms with van der Waals surface area (Å²) in [6.07, 6.45) is -23.8. The lowest BCUT2D eigenvalue weighted by Crippen LogP contribution is -2.41. The van der Waals surface area contributed by atoms with Crippen molar-refractivity contribution in [3.63, 3.8) is 0 Å². The molecule has 2 aliphatic rings. The van der Waals surface area contributed by atoms with E-state index in [1.807, 2.05) is 40.8 Å². The van der Waals surface area contributed by atoms with Crippen molar-refractivity contribution in [1.82, 2.24) is 0 Å². The summed E-state index contributed by atoms with van der Waals surface area (Å²) in [5.74, 6) is -1.63. The Morgan fingerprint density at radius 2 is 0.620 bits per heavy atom. The lowest BCUT2D eigenvalue weighted by atomic mass is 9.78. The molecule has 2 fully saturated rings. The molecule has 0 saturated carbocycles. The first-order valence-electron chi connectivity index (χ1n) is 41.0. The third-order valence-electron chi connectivity index (χ3n) is 20.0. The van der Waals surface area contributed by atoms with Crippen molar-refractivity contribution < 1.29 is 139 Å². The number of carbonyl (C=O) groups excluding carboxylic acids is 3. The van der Waals surface area contributed by atoms with Gasteiger partial charge >= 0.3 is 26.2 Å². The van der Waals surface area contributed by atoms with Gasteiger partial charge in [-0.2, -0.15) is 0 Å². The lowest BCUT2D eigenvalue weighted by molar-refractivity contribution is -0.153. The largest absolute Gasteiger partial charge is 0.494 e. The van der Waals surface area contributed by atoms with Gasteiger partial charge in [0.1, 0.15) is 59.8 Å². The van der Waals surface area contributed by atoms with Gasteiger partial charge in [0.25, 0.3) is 57.8 Å². The van der Waals surface area contributed by atoms with Crippen LogP contribution in [0.3, 0.4) is 0 Å². The van der Waals surface area contributed by atoms with Gasteiger partial charge in [0.2, 0.25) is 0 Å².